The van der Waals surface area contributed by atoms with Crippen molar-refractivity contribution < 1.29 is 13.2 Å². The minimum absolute atomic E-state index is 0.648. The SMILES string of the molecule is FC(F)(F)c1ccc(-c2nc3ccc(Br)cc3s2)cc1. The van der Waals surface area contributed by atoms with Gasteiger partial charge in [-0.3, -0.25) is 0 Å². The number of alkyl halides is 3. The van der Waals surface area contributed by atoms with Crippen molar-refractivity contribution in [2.24, 2.45) is 0 Å². The maximum Gasteiger partial charge on any atom is 0.416 e. The summed E-state index contributed by atoms with van der Waals surface area (Å²) in [5, 5.41) is 0.715. The van der Waals surface area contributed by atoms with Crippen molar-refractivity contribution in [2.75, 3.05) is 0 Å². The molecule has 0 aliphatic heterocycles. The van der Waals surface area contributed by atoms with E-state index in [9.17, 15) is 13.2 Å². The second kappa shape index (κ2) is 4.86. The first-order valence-electron chi connectivity index (χ1n) is 5.67. The molecule has 6 heteroatoms. The number of thiazole rings is 1. The highest BCUT2D eigenvalue weighted by atomic mass is 79.9. The van der Waals surface area contributed by atoms with Crippen LogP contribution in [0.2, 0.25) is 0 Å². The van der Waals surface area contributed by atoms with Gasteiger partial charge in [-0.25, -0.2) is 4.98 Å². The third kappa shape index (κ3) is 2.58. The number of benzene rings is 2. The lowest BCUT2D eigenvalue weighted by Crippen LogP contribution is -2.03. The van der Waals surface area contributed by atoms with Crippen LogP contribution in [0.1, 0.15) is 5.56 Å². The van der Waals surface area contributed by atoms with Crippen LogP contribution in [-0.4, -0.2) is 4.98 Å². The minimum Gasteiger partial charge on any atom is -0.236 e. The van der Waals surface area contributed by atoms with Crippen molar-refractivity contribution in [3.8, 4) is 10.6 Å². The highest BCUT2D eigenvalue weighted by molar-refractivity contribution is 9.10. The van der Waals surface area contributed by atoms with Crippen molar-refractivity contribution in [3.63, 3.8) is 0 Å². The summed E-state index contributed by atoms with van der Waals surface area (Å²) in [6, 6.07) is 10.8. The largest absolute Gasteiger partial charge is 0.416 e. The Morgan fingerprint density at radius 1 is 1.00 bits per heavy atom. The molecule has 0 aliphatic carbocycles. The van der Waals surface area contributed by atoms with E-state index in [0.717, 1.165) is 26.8 Å². The van der Waals surface area contributed by atoms with Gasteiger partial charge in [0, 0.05) is 10.0 Å². The molecule has 0 amide bonds. The molecular formula is C14H7BrF3NS. The van der Waals surface area contributed by atoms with Gasteiger partial charge >= 0.3 is 6.18 Å². The van der Waals surface area contributed by atoms with Crippen LogP contribution in [0.5, 0.6) is 0 Å². The van der Waals surface area contributed by atoms with Gasteiger partial charge in [-0.15, -0.1) is 11.3 Å². The summed E-state index contributed by atoms with van der Waals surface area (Å²) in [6.07, 6.45) is -4.31. The Hall–Kier alpha value is -1.40. The third-order valence-electron chi connectivity index (χ3n) is 2.81. The highest BCUT2D eigenvalue weighted by Gasteiger charge is 2.30. The van der Waals surface area contributed by atoms with E-state index < -0.39 is 11.7 Å². The van der Waals surface area contributed by atoms with Crippen LogP contribution in [0.15, 0.2) is 46.9 Å². The third-order valence-corrected chi connectivity index (χ3v) is 4.37. The van der Waals surface area contributed by atoms with Crippen LogP contribution in [0.25, 0.3) is 20.8 Å². The number of hydrogen-bond acceptors (Lipinski definition) is 2. The molecule has 3 rings (SSSR count). The van der Waals surface area contributed by atoms with E-state index in [1.807, 2.05) is 18.2 Å². The van der Waals surface area contributed by atoms with Gasteiger partial charge in [0.05, 0.1) is 15.8 Å². The van der Waals surface area contributed by atoms with Crippen LogP contribution in [0, 0.1) is 0 Å². The number of halogens is 4. The summed E-state index contributed by atoms with van der Waals surface area (Å²) in [6.45, 7) is 0. The molecule has 0 N–H and O–H groups in total. The van der Waals surface area contributed by atoms with E-state index in [4.69, 9.17) is 0 Å². The summed E-state index contributed by atoms with van der Waals surface area (Å²) in [5.41, 5.74) is 0.883. The molecule has 3 aromatic rings. The fourth-order valence-corrected chi connectivity index (χ4v) is 3.35. The predicted octanol–water partition coefficient (Wildman–Crippen LogP) is 5.74. The fourth-order valence-electron chi connectivity index (χ4n) is 1.82. The van der Waals surface area contributed by atoms with Gasteiger partial charge in [0.1, 0.15) is 5.01 Å². The minimum atomic E-state index is -4.31. The predicted molar refractivity (Wildman–Crippen MR) is 77.8 cm³/mol. The van der Waals surface area contributed by atoms with Crippen LogP contribution in [0.3, 0.4) is 0 Å². The van der Waals surface area contributed by atoms with Gasteiger partial charge in [0.25, 0.3) is 0 Å². The van der Waals surface area contributed by atoms with Crippen molar-refractivity contribution in [1.82, 2.24) is 4.98 Å². The summed E-state index contributed by atoms with van der Waals surface area (Å²) in [4.78, 5) is 4.43. The average Bonchev–Trinajstić information content (AvgIpc) is 2.80. The van der Waals surface area contributed by atoms with E-state index in [1.165, 1.54) is 23.5 Å². The molecule has 0 bridgehead atoms. The summed E-state index contributed by atoms with van der Waals surface area (Å²) < 4.78 is 39.5. The molecule has 1 nitrogen and oxygen atoms in total. The maximum atomic E-state index is 12.5. The Morgan fingerprint density at radius 3 is 2.35 bits per heavy atom. The molecule has 102 valence electrons. The zero-order valence-electron chi connectivity index (χ0n) is 9.91. The Morgan fingerprint density at radius 2 is 1.70 bits per heavy atom. The zero-order valence-corrected chi connectivity index (χ0v) is 12.3. The van der Waals surface area contributed by atoms with Crippen molar-refractivity contribution in [2.45, 2.75) is 6.18 Å². The first kappa shape index (κ1) is 13.6. The van der Waals surface area contributed by atoms with Crippen molar-refractivity contribution >= 4 is 37.5 Å². The lowest BCUT2D eigenvalue weighted by atomic mass is 10.1. The first-order chi connectivity index (χ1) is 9.43. The standard InChI is InChI=1S/C14H7BrF3NS/c15-10-5-6-11-12(7-10)20-13(19-11)8-1-3-9(4-2-8)14(16,17)18/h1-7H. The quantitative estimate of drug-likeness (QED) is 0.540. The molecule has 0 unspecified atom stereocenters. The molecule has 1 aromatic heterocycles. The van der Waals surface area contributed by atoms with Gasteiger partial charge < -0.3 is 0 Å². The first-order valence-corrected chi connectivity index (χ1v) is 7.28. The molecule has 0 spiro atoms. The van der Waals surface area contributed by atoms with Crippen LogP contribution in [0.4, 0.5) is 13.2 Å². The smallest absolute Gasteiger partial charge is 0.236 e. The molecule has 0 saturated carbocycles. The van der Waals surface area contributed by atoms with Gasteiger partial charge in [-0.1, -0.05) is 28.1 Å². The van der Waals surface area contributed by atoms with Crippen molar-refractivity contribution in [3.05, 3.63) is 52.5 Å². The fraction of sp³-hybridized carbons (Fsp3) is 0.0714. The zero-order chi connectivity index (χ0) is 14.3. The maximum absolute atomic E-state index is 12.5. The lowest BCUT2D eigenvalue weighted by Gasteiger charge is -2.06. The van der Waals surface area contributed by atoms with Gasteiger partial charge in [-0.05, 0) is 30.3 Å². The van der Waals surface area contributed by atoms with Gasteiger partial charge in [0.2, 0.25) is 0 Å². The van der Waals surface area contributed by atoms with E-state index in [1.54, 1.807) is 0 Å². The molecule has 0 saturated heterocycles. The molecule has 0 radical (unpaired) electrons. The van der Waals surface area contributed by atoms with E-state index in [2.05, 4.69) is 20.9 Å². The van der Waals surface area contributed by atoms with E-state index in [0.29, 0.717) is 10.6 Å². The summed E-state index contributed by atoms with van der Waals surface area (Å²) >= 11 is 4.84. The molecule has 2 aromatic carbocycles. The second-order valence-corrected chi connectivity index (χ2v) is 6.15. The van der Waals surface area contributed by atoms with E-state index >= 15 is 0 Å². The summed E-state index contributed by atoms with van der Waals surface area (Å²) in [7, 11) is 0. The highest BCUT2D eigenvalue weighted by Crippen LogP contribution is 2.34. The summed E-state index contributed by atoms with van der Waals surface area (Å²) in [5.74, 6) is 0. The Balaban J connectivity index is 2.02. The lowest BCUT2D eigenvalue weighted by molar-refractivity contribution is -0.137. The van der Waals surface area contributed by atoms with Gasteiger partial charge in [0.15, 0.2) is 0 Å². The Bertz CT molecular complexity index is 762. The average molecular weight is 358 g/mol. The monoisotopic (exact) mass is 357 g/mol. The number of aromatic nitrogens is 1. The number of rotatable bonds is 1. The molecule has 1 heterocycles. The number of nitrogens with zero attached hydrogens (tertiary/aromatic N) is 1. The Kier molecular flexibility index (Phi) is 3.30. The number of fused-ring (bicyclic) bond motifs is 1. The van der Waals surface area contributed by atoms with Crippen LogP contribution >= 0.6 is 27.3 Å². The number of hydrogen-bond donors (Lipinski definition) is 0. The van der Waals surface area contributed by atoms with Crippen LogP contribution < -0.4 is 0 Å². The molecule has 0 fully saturated rings. The molecule has 0 atom stereocenters. The normalized spacial score (nSPS) is 12.0. The van der Waals surface area contributed by atoms with E-state index in [-0.39, 0.29) is 0 Å². The Labute approximate surface area is 125 Å². The molecule has 0 aliphatic rings. The molecular weight excluding hydrogens is 351 g/mol. The molecule has 20 heavy (non-hydrogen) atoms. The topological polar surface area (TPSA) is 12.9 Å². The van der Waals surface area contributed by atoms with Crippen molar-refractivity contribution in [1.29, 1.82) is 0 Å². The van der Waals surface area contributed by atoms with Gasteiger partial charge in [-0.2, -0.15) is 13.2 Å². The van der Waals surface area contributed by atoms with Crippen LogP contribution in [-0.2, 0) is 6.18 Å². The second-order valence-electron chi connectivity index (χ2n) is 4.21.